The first kappa shape index (κ1) is 18.0. The maximum absolute atomic E-state index is 13.2. The standard InChI is InChI=1S/C16H13F2N3O4/c17-12-6-3-10(8-13(12)18)16(23)20-14(15(19)22)7-9-1-4-11(5-2-9)21(24)25/h1-6,8,14H,7H2,(H2,19,22)(H,20,23)/t14-/m1/s1. The van der Waals surface area contributed by atoms with Crippen LogP contribution in [0.25, 0.3) is 0 Å². The van der Waals surface area contributed by atoms with Crippen molar-refractivity contribution >= 4 is 17.5 Å². The summed E-state index contributed by atoms with van der Waals surface area (Å²) in [6.07, 6.45) is -0.0112. The van der Waals surface area contributed by atoms with E-state index < -0.39 is 34.4 Å². The van der Waals surface area contributed by atoms with Gasteiger partial charge in [0.1, 0.15) is 6.04 Å². The van der Waals surface area contributed by atoms with Crippen LogP contribution in [0.1, 0.15) is 15.9 Å². The lowest BCUT2D eigenvalue weighted by Gasteiger charge is -2.15. The number of carbonyl (C=O) groups excluding carboxylic acids is 2. The molecule has 0 aromatic heterocycles. The zero-order chi connectivity index (χ0) is 18.6. The smallest absolute Gasteiger partial charge is 0.269 e. The molecule has 0 unspecified atom stereocenters. The number of nitrogens with zero attached hydrogens (tertiary/aromatic N) is 1. The highest BCUT2D eigenvalue weighted by Gasteiger charge is 2.20. The van der Waals surface area contributed by atoms with E-state index >= 15 is 0 Å². The van der Waals surface area contributed by atoms with Crippen molar-refractivity contribution in [1.82, 2.24) is 5.32 Å². The lowest BCUT2D eigenvalue weighted by Crippen LogP contribution is -2.45. The van der Waals surface area contributed by atoms with Crippen molar-refractivity contribution in [1.29, 1.82) is 0 Å². The second kappa shape index (κ2) is 7.47. The number of rotatable bonds is 6. The minimum Gasteiger partial charge on any atom is -0.368 e. The lowest BCUT2D eigenvalue weighted by molar-refractivity contribution is -0.384. The van der Waals surface area contributed by atoms with Gasteiger partial charge in [-0.15, -0.1) is 0 Å². The van der Waals surface area contributed by atoms with Crippen LogP contribution >= 0.6 is 0 Å². The van der Waals surface area contributed by atoms with E-state index in [0.29, 0.717) is 11.6 Å². The molecule has 0 radical (unpaired) electrons. The molecule has 2 aromatic rings. The van der Waals surface area contributed by atoms with Crippen LogP contribution in [0.15, 0.2) is 42.5 Å². The van der Waals surface area contributed by atoms with Gasteiger partial charge in [0.15, 0.2) is 11.6 Å². The Kier molecular flexibility index (Phi) is 5.38. The molecule has 3 N–H and O–H groups in total. The average molecular weight is 349 g/mol. The molecule has 7 nitrogen and oxygen atoms in total. The summed E-state index contributed by atoms with van der Waals surface area (Å²) in [4.78, 5) is 33.6. The molecule has 2 rings (SSSR count). The average Bonchev–Trinajstić information content (AvgIpc) is 2.57. The molecule has 0 saturated carbocycles. The predicted molar refractivity (Wildman–Crippen MR) is 83.6 cm³/mol. The van der Waals surface area contributed by atoms with Gasteiger partial charge in [0.2, 0.25) is 5.91 Å². The lowest BCUT2D eigenvalue weighted by atomic mass is 10.0. The third-order valence-electron chi connectivity index (χ3n) is 3.42. The third-order valence-corrected chi connectivity index (χ3v) is 3.42. The highest BCUT2D eigenvalue weighted by atomic mass is 19.2. The number of hydrogen-bond donors (Lipinski definition) is 2. The molecular formula is C16H13F2N3O4. The van der Waals surface area contributed by atoms with Crippen molar-refractivity contribution in [3.8, 4) is 0 Å². The first-order chi connectivity index (χ1) is 11.8. The second-order valence-electron chi connectivity index (χ2n) is 5.18. The number of amides is 2. The van der Waals surface area contributed by atoms with Crippen LogP contribution in [0.5, 0.6) is 0 Å². The number of non-ortho nitro benzene ring substituents is 1. The fraction of sp³-hybridized carbons (Fsp3) is 0.125. The van der Waals surface area contributed by atoms with Crippen LogP contribution in [0, 0.1) is 21.7 Å². The Bertz CT molecular complexity index is 825. The number of nitro groups is 1. The molecule has 1 atom stereocenters. The van der Waals surface area contributed by atoms with Gasteiger partial charge in [0.25, 0.3) is 11.6 Å². The summed E-state index contributed by atoms with van der Waals surface area (Å²) in [5.41, 5.74) is 5.48. The van der Waals surface area contributed by atoms with Gasteiger partial charge < -0.3 is 11.1 Å². The Morgan fingerprint density at radius 3 is 2.28 bits per heavy atom. The van der Waals surface area contributed by atoms with E-state index in [-0.39, 0.29) is 17.7 Å². The summed E-state index contributed by atoms with van der Waals surface area (Å²) in [6, 6.07) is 6.80. The molecule has 0 saturated heterocycles. The number of hydrogen-bond acceptors (Lipinski definition) is 4. The molecule has 2 aromatic carbocycles. The van der Waals surface area contributed by atoms with E-state index in [0.717, 1.165) is 12.1 Å². The third kappa shape index (κ3) is 4.56. The van der Waals surface area contributed by atoms with E-state index in [2.05, 4.69) is 5.32 Å². The molecule has 0 aliphatic heterocycles. The number of nitro benzene ring substituents is 1. The molecule has 25 heavy (non-hydrogen) atoms. The number of carbonyl (C=O) groups is 2. The Morgan fingerprint density at radius 1 is 1.12 bits per heavy atom. The first-order valence-electron chi connectivity index (χ1n) is 7.06. The topological polar surface area (TPSA) is 115 Å². The van der Waals surface area contributed by atoms with Crippen LogP contribution in [-0.4, -0.2) is 22.8 Å². The Balaban J connectivity index is 2.12. The van der Waals surface area contributed by atoms with Gasteiger partial charge in [-0.2, -0.15) is 0 Å². The van der Waals surface area contributed by atoms with E-state index in [1.54, 1.807) is 0 Å². The highest BCUT2D eigenvalue weighted by molar-refractivity contribution is 5.97. The largest absolute Gasteiger partial charge is 0.368 e. The molecule has 0 aliphatic carbocycles. The molecule has 0 fully saturated rings. The zero-order valence-electron chi connectivity index (χ0n) is 12.7. The van der Waals surface area contributed by atoms with E-state index in [4.69, 9.17) is 5.73 Å². The van der Waals surface area contributed by atoms with Gasteiger partial charge in [-0.1, -0.05) is 12.1 Å². The summed E-state index contributed by atoms with van der Waals surface area (Å²) in [6.45, 7) is 0. The number of benzene rings is 2. The maximum atomic E-state index is 13.2. The summed E-state index contributed by atoms with van der Waals surface area (Å²) >= 11 is 0. The molecule has 9 heteroatoms. The van der Waals surface area contributed by atoms with Crippen molar-refractivity contribution in [2.24, 2.45) is 5.73 Å². The Morgan fingerprint density at radius 2 is 1.76 bits per heavy atom. The molecular weight excluding hydrogens is 336 g/mol. The molecule has 2 amide bonds. The number of nitrogens with one attached hydrogen (secondary N) is 1. The molecule has 0 aliphatic rings. The Labute approximate surface area is 140 Å². The Hall–Kier alpha value is -3.36. The second-order valence-corrected chi connectivity index (χ2v) is 5.18. The van der Waals surface area contributed by atoms with Gasteiger partial charge in [0.05, 0.1) is 4.92 Å². The summed E-state index contributed by atoms with van der Waals surface area (Å²) in [7, 11) is 0. The van der Waals surface area contributed by atoms with Gasteiger partial charge in [-0.25, -0.2) is 8.78 Å². The normalized spacial score (nSPS) is 11.6. The summed E-state index contributed by atoms with van der Waals surface area (Å²) in [5.74, 6) is -3.94. The van der Waals surface area contributed by atoms with Crippen LogP contribution < -0.4 is 11.1 Å². The van der Waals surface area contributed by atoms with Crippen molar-refractivity contribution in [2.75, 3.05) is 0 Å². The zero-order valence-corrected chi connectivity index (χ0v) is 12.7. The van der Waals surface area contributed by atoms with E-state index in [1.165, 1.54) is 24.3 Å². The van der Waals surface area contributed by atoms with Crippen molar-refractivity contribution in [3.63, 3.8) is 0 Å². The fourth-order valence-electron chi connectivity index (χ4n) is 2.09. The minimum absolute atomic E-state index is 0.0112. The summed E-state index contributed by atoms with van der Waals surface area (Å²) < 4.78 is 26.1. The quantitative estimate of drug-likeness (QED) is 0.610. The van der Waals surface area contributed by atoms with Crippen LogP contribution in [0.2, 0.25) is 0 Å². The number of halogens is 2. The maximum Gasteiger partial charge on any atom is 0.269 e. The monoisotopic (exact) mass is 349 g/mol. The van der Waals surface area contributed by atoms with Gasteiger partial charge in [-0.3, -0.25) is 19.7 Å². The number of primary amides is 1. The van der Waals surface area contributed by atoms with Crippen molar-refractivity contribution < 1.29 is 23.3 Å². The fourth-order valence-corrected chi connectivity index (χ4v) is 2.09. The van der Waals surface area contributed by atoms with Gasteiger partial charge >= 0.3 is 0 Å². The minimum atomic E-state index is -1.20. The van der Waals surface area contributed by atoms with Crippen molar-refractivity contribution in [3.05, 3.63) is 75.3 Å². The number of nitrogens with two attached hydrogens (primary N) is 1. The molecule has 130 valence electrons. The molecule has 0 spiro atoms. The van der Waals surface area contributed by atoms with Crippen LogP contribution in [-0.2, 0) is 11.2 Å². The molecule has 0 heterocycles. The first-order valence-corrected chi connectivity index (χ1v) is 7.06. The highest BCUT2D eigenvalue weighted by Crippen LogP contribution is 2.14. The van der Waals surface area contributed by atoms with Gasteiger partial charge in [0, 0.05) is 24.1 Å². The van der Waals surface area contributed by atoms with Crippen LogP contribution in [0.3, 0.4) is 0 Å². The summed E-state index contributed by atoms with van der Waals surface area (Å²) in [5, 5.41) is 12.9. The van der Waals surface area contributed by atoms with Crippen LogP contribution in [0.4, 0.5) is 14.5 Å². The predicted octanol–water partition coefficient (Wildman–Crippen LogP) is 1.70. The van der Waals surface area contributed by atoms with Crippen molar-refractivity contribution in [2.45, 2.75) is 12.5 Å². The van der Waals surface area contributed by atoms with E-state index in [9.17, 15) is 28.5 Å². The SMILES string of the molecule is NC(=O)[C@@H](Cc1ccc([N+](=O)[O-])cc1)NC(=O)c1ccc(F)c(F)c1. The van der Waals surface area contributed by atoms with Gasteiger partial charge in [-0.05, 0) is 23.8 Å². The van der Waals surface area contributed by atoms with E-state index in [1.807, 2.05) is 0 Å². The molecule has 0 bridgehead atoms.